The van der Waals surface area contributed by atoms with Crippen LogP contribution in [0.25, 0.3) is 0 Å². The van der Waals surface area contributed by atoms with Crippen LogP contribution in [0.15, 0.2) is 29.2 Å². The molecule has 0 aliphatic heterocycles. The Kier molecular flexibility index (Phi) is 5.39. The van der Waals surface area contributed by atoms with E-state index in [9.17, 15) is 4.21 Å². The third-order valence-electron chi connectivity index (χ3n) is 4.39. The van der Waals surface area contributed by atoms with E-state index in [4.69, 9.17) is 4.18 Å². The molecule has 0 radical (unpaired) electrons. The van der Waals surface area contributed by atoms with Gasteiger partial charge in [-0.1, -0.05) is 44.9 Å². The van der Waals surface area contributed by atoms with Crippen molar-refractivity contribution < 1.29 is 8.39 Å². The summed E-state index contributed by atoms with van der Waals surface area (Å²) in [5, 5.41) is 0. The lowest BCUT2D eigenvalue weighted by atomic mass is 9.75. The summed E-state index contributed by atoms with van der Waals surface area (Å²) < 4.78 is 18.3. The zero-order chi connectivity index (χ0) is 14.7. The first kappa shape index (κ1) is 15.7. The summed E-state index contributed by atoms with van der Waals surface area (Å²) in [4.78, 5) is 0.774. The molecular formula is C17H26O2S. The molecule has 2 rings (SSSR count). The van der Waals surface area contributed by atoms with Gasteiger partial charge in [0.25, 0.3) is 0 Å². The van der Waals surface area contributed by atoms with Gasteiger partial charge in [0.05, 0.1) is 11.0 Å². The molecule has 1 fully saturated rings. The first-order valence-corrected chi connectivity index (χ1v) is 8.70. The third kappa shape index (κ3) is 3.92. The number of hydrogen-bond acceptors (Lipinski definition) is 2. The van der Waals surface area contributed by atoms with Gasteiger partial charge in [-0.2, -0.15) is 0 Å². The van der Waals surface area contributed by atoms with E-state index in [2.05, 4.69) is 20.8 Å². The van der Waals surface area contributed by atoms with Gasteiger partial charge in [-0.05, 0) is 49.7 Å². The molecule has 1 saturated carbocycles. The molecule has 0 saturated heterocycles. The van der Waals surface area contributed by atoms with Gasteiger partial charge < -0.3 is 0 Å². The molecule has 0 N–H and O–H groups in total. The highest BCUT2D eigenvalue weighted by atomic mass is 32.2. The fourth-order valence-electron chi connectivity index (χ4n) is 3.04. The molecule has 1 aliphatic carbocycles. The van der Waals surface area contributed by atoms with Crippen LogP contribution in [-0.4, -0.2) is 10.3 Å². The zero-order valence-corrected chi connectivity index (χ0v) is 13.8. The van der Waals surface area contributed by atoms with Gasteiger partial charge in [0.15, 0.2) is 11.1 Å². The highest BCUT2D eigenvalue weighted by Gasteiger charge is 2.33. The zero-order valence-electron chi connectivity index (χ0n) is 13.0. The predicted octanol–water partition coefficient (Wildman–Crippen LogP) is 4.50. The minimum Gasteiger partial charge on any atom is -0.283 e. The van der Waals surface area contributed by atoms with Crippen molar-refractivity contribution in [2.24, 2.45) is 17.8 Å². The molecule has 0 aromatic heterocycles. The van der Waals surface area contributed by atoms with E-state index in [0.29, 0.717) is 17.8 Å². The van der Waals surface area contributed by atoms with E-state index >= 15 is 0 Å². The molecule has 3 heteroatoms. The van der Waals surface area contributed by atoms with Crippen LogP contribution < -0.4 is 0 Å². The third-order valence-corrected chi connectivity index (χ3v) is 5.46. The fraction of sp³-hybridized carbons (Fsp3) is 0.647. The van der Waals surface area contributed by atoms with Crippen molar-refractivity contribution >= 4 is 11.1 Å². The Labute approximate surface area is 125 Å². The molecule has 2 nitrogen and oxygen atoms in total. The average molecular weight is 294 g/mol. The van der Waals surface area contributed by atoms with Crippen LogP contribution in [0.3, 0.4) is 0 Å². The Morgan fingerprint density at radius 1 is 1.20 bits per heavy atom. The van der Waals surface area contributed by atoms with Crippen LogP contribution in [0.5, 0.6) is 0 Å². The van der Waals surface area contributed by atoms with Gasteiger partial charge in [0.1, 0.15) is 0 Å². The van der Waals surface area contributed by atoms with E-state index in [1.165, 1.54) is 18.4 Å². The highest BCUT2D eigenvalue weighted by Crippen LogP contribution is 2.36. The van der Waals surface area contributed by atoms with E-state index in [-0.39, 0.29) is 6.10 Å². The minimum absolute atomic E-state index is 0.126. The van der Waals surface area contributed by atoms with Gasteiger partial charge in [-0.25, -0.2) is 4.21 Å². The summed E-state index contributed by atoms with van der Waals surface area (Å²) in [5.41, 5.74) is 1.18. The van der Waals surface area contributed by atoms with Crippen LogP contribution in [-0.2, 0) is 15.3 Å². The van der Waals surface area contributed by atoms with Crippen molar-refractivity contribution in [3.05, 3.63) is 29.8 Å². The standard InChI is InChI=1S/C17H26O2S/c1-12(2)16-10-7-14(4)11-17(16)19-20(18)15-8-5-13(3)6-9-15/h5-6,8-9,12,14,16-17H,7,10-11H2,1-4H3/t14-,16?,17?,20-/m1/s1. The number of hydrogen-bond donors (Lipinski definition) is 0. The molecule has 1 aromatic rings. The van der Waals surface area contributed by atoms with Gasteiger partial charge >= 0.3 is 0 Å². The maximum atomic E-state index is 12.4. The van der Waals surface area contributed by atoms with Crippen molar-refractivity contribution in [3.63, 3.8) is 0 Å². The predicted molar refractivity (Wildman–Crippen MR) is 83.8 cm³/mol. The maximum absolute atomic E-state index is 12.4. The largest absolute Gasteiger partial charge is 0.283 e. The second-order valence-electron chi connectivity index (χ2n) is 6.51. The Morgan fingerprint density at radius 2 is 1.85 bits per heavy atom. The fourth-order valence-corrected chi connectivity index (χ4v) is 3.96. The molecule has 1 aliphatic rings. The van der Waals surface area contributed by atoms with Crippen LogP contribution in [0.4, 0.5) is 0 Å². The topological polar surface area (TPSA) is 26.3 Å². The molecule has 1 aromatic carbocycles. The summed E-state index contributed by atoms with van der Waals surface area (Å²) in [5.74, 6) is 1.79. The molecule has 2 unspecified atom stereocenters. The van der Waals surface area contributed by atoms with E-state index in [1.807, 2.05) is 31.2 Å². The van der Waals surface area contributed by atoms with Crippen molar-refractivity contribution in [2.45, 2.75) is 58.0 Å². The summed E-state index contributed by atoms with van der Waals surface area (Å²) in [7, 11) is 0. The molecule has 112 valence electrons. The van der Waals surface area contributed by atoms with E-state index < -0.39 is 11.1 Å². The lowest BCUT2D eigenvalue weighted by molar-refractivity contribution is 0.0567. The van der Waals surface area contributed by atoms with Crippen molar-refractivity contribution in [3.8, 4) is 0 Å². The second-order valence-corrected chi connectivity index (χ2v) is 7.64. The Balaban J connectivity index is 2.05. The van der Waals surface area contributed by atoms with Gasteiger partial charge in [0, 0.05) is 0 Å². The SMILES string of the molecule is Cc1ccc([S@](=O)OC2C[C@H](C)CCC2C(C)C)cc1. The lowest BCUT2D eigenvalue weighted by Gasteiger charge is -2.36. The van der Waals surface area contributed by atoms with Gasteiger partial charge in [0.2, 0.25) is 0 Å². The molecule has 20 heavy (non-hydrogen) atoms. The average Bonchev–Trinajstić information content (AvgIpc) is 2.39. The molecule has 0 heterocycles. The first-order valence-electron chi connectivity index (χ1n) is 7.63. The molecule has 4 atom stereocenters. The van der Waals surface area contributed by atoms with E-state index in [1.54, 1.807) is 0 Å². The second kappa shape index (κ2) is 6.86. The van der Waals surface area contributed by atoms with Crippen LogP contribution >= 0.6 is 0 Å². The monoisotopic (exact) mass is 294 g/mol. The van der Waals surface area contributed by atoms with E-state index in [0.717, 1.165) is 11.3 Å². The van der Waals surface area contributed by atoms with Crippen LogP contribution in [0, 0.1) is 24.7 Å². The van der Waals surface area contributed by atoms with Gasteiger partial charge in [-0.15, -0.1) is 0 Å². The molecule has 0 amide bonds. The summed E-state index contributed by atoms with van der Waals surface area (Å²) in [6, 6.07) is 7.78. The van der Waals surface area contributed by atoms with Crippen LogP contribution in [0.1, 0.15) is 45.6 Å². The minimum atomic E-state index is -1.34. The quantitative estimate of drug-likeness (QED) is 0.817. The normalized spacial score (nSPS) is 28.6. The molecular weight excluding hydrogens is 268 g/mol. The summed E-state index contributed by atoms with van der Waals surface area (Å²) in [6.07, 6.45) is 3.61. The lowest BCUT2D eigenvalue weighted by Crippen LogP contribution is -2.34. The Morgan fingerprint density at radius 3 is 2.45 bits per heavy atom. The molecule has 0 bridgehead atoms. The Hall–Kier alpha value is -0.670. The van der Waals surface area contributed by atoms with Crippen molar-refractivity contribution in [1.29, 1.82) is 0 Å². The number of benzene rings is 1. The first-order chi connectivity index (χ1) is 9.47. The molecule has 0 spiro atoms. The van der Waals surface area contributed by atoms with Crippen LogP contribution in [0.2, 0.25) is 0 Å². The highest BCUT2D eigenvalue weighted by molar-refractivity contribution is 7.80. The smallest absolute Gasteiger partial charge is 0.189 e. The number of rotatable bonds is 4. The Bertz CT molecular complexity index is 453. The van der Waals surface area contributed by atoms with Crippen molar-refractivity contribution in [2.75, 3.05) is 0 Å². The van der Waals surface area contributed by atoms with Crippen molar-refractivity contribution in [1.82, 2.24) is 0 Å². The van der Waals surface area contributed by atoms with Gasteiger partial charge in [-0.3, -0.25) is 4.18 Å². The maximum Gasteiger partial charge on any atom is 0.189 e. The number of aryl methyl sites for hydroxylation is 1. The summed E-state index contributed by atoms with van der Waals surface area (Å²) in [6.45, 7) is 8.78. The summed E-state index contributed by atoms with van der Waals surface area (Å²) >= 11 is -1.34.